The maximum atomic E-state index is 15.3. The molecule has 3 aromatic heterocycles. The number of nitrogens with zero attached hydrogens (tertiary/aromatic N) is 1. The predicted molar refractivity (Wildman–Crippen MR) is 378 cm³/mol. The summed E-state index contributed by atoms with van der Waals surface area (Å²) in [5.74, 6) is -2.96. The van der Waals surface area contributed by atoms with E-state index in [2.05, 4.69) is 43.9 Å². The molecule has 97 heavy (non-hydrogen) atoms. The fourth-order valence-corrected chi connectivity index (χ4v) is 11.8. The van der Waals surface area contributed by atoms with Gasteiger partial charge in [0.1, 0.15) is 34.2 Å². The average Bonchev–Trinajstić information content (AvgIpc) is 1.62. The lowest BCUT2D eigenvalue weighted by atomic mass is 9.77. The first-order chi connectivity index (χ1) is 47.9. The lowest BCUT2D eigenvalue weighted by Crippen LogP contribution is -2.26. The molecule has 11 rings (SSSR count). The smallest absolute Gasteiger partial charge is 0.508 e. The number of ether oxygens (including phenoxy) is 2. The molecule has 1 aliphatic carbocycles. The molecule has 516 valence electrons. The summed E-state index contributed by atoms with van der Waals surface area (Å²) in [6.07, 6.45) is -3.16. The Morgan fingerprint density at radius 1 is 0.670 bits per heavy atom. The number of benzene rings is 6. The number of aromatic hydroxyl groups is 2. The summed E-state index contributed by atoms with van der Waals surface area (Å²) in [4.78, 5) is 71.1. The molecule has 9 aromatic rings. The second-order valence-electron chi connectivity index (χ2n) is 28.4. The number of hydrogen-bond donors (Lipinski definition) is 8. The number of nitrogens with one attached hydrogen (secondary N) is 4. The summed E-state index contributed by atoms with van der Waals surface area (Å²) < 4.78 is 118. The largest absolute Gasteiger partial charge is 0.586 e. The minimum atomic E-state index is -3.74. The Hall–Kier alpha value is -9.20. The zero-order valence-corrected chi connectivity index (χ0v) is 56.1. The van der Waals surface area contributed by atoms with Crippen LogP contribution in [0.25, 0.3) is 32.7 Å². The van der Waals surface area contributed by atoms with E-state index in [1.54, 1.807) is 81.4 Å². The molecule has 1 aliphatic heterocycles. The molecule has 0 radical (unpaired) electrons. The van der Waals surface area contributed by atoms with E-state index < -0.39 is 89.7 Å². The maximum absolute atomic E-state index is 15.3. The number of halogens is 3. The van der Waals surface area contributed by atoms with Crippen molar-refractivity contribution in [2.45, 2.75) is 195 Å². The number of Topliss-reactive ketones (excluding diaryl/α,β-unsaturated/α-hetero) is 1. The van der Waals surface area contributed by atoms with Crippen LogP contribution in [-0.4, -0.2) is 71.6 Å². The molecule has 8 N–H and O–H groups in total. The van der Waals surface area contributed by atoms with Gasteiger partial charge in [-0.3, -0.25) is 24.0 Å². The third-order valence-corrected chi connectivity index (χ3v) is 17.9. The lowest BCUT2D eigenvalue weighted by Gasteiger charge is -2.30. The van der Waals surface area contributed by atoms with Gasteiger partial charge in [0.05, 0.1) is 30.2 Å². The summed E-state index contributed by atoms with van der Waals surface area (Å²) in [5, 5.41) is 48.0. The molecule has 2 amide bonds. The van der Waals surface area contributed by atoms with Crippen LogP contribution in [0.3, 0.4) is 0 Å². The second kappa shape index (κ2) is 27.4. The number of aromatic amines is 2. The molecule has 6 aromatic carbocycles. The van der Waals surface area contributed by atoms with Gasteiger partial charge in [-0.2, -0.15) is 0 Å². The molecule has 1 saturated carbocycles. The quantitative estimate of drug-likeness (QED) is 0.0480. The summed E-state index contributed by atoms with van der Waals surface area (Å²) >= 11 is 0. The minimum absolute atomic E-state index is 0. The molecule has 1 atom stereocenters. The zero-order chi connectivity index (χ0) is 77.4. The summed E-state index contributed by atoms with van der Waals surface area (Å²) in [6.45, 7) is 17.3. The molecule has 0 saturated heterocycles. The summed E-state index contributed by atoms with van der Waals surface area (Å²) in [6, 6.07) is 28.7. The van der Waals surface area contributed by atoms with Crippen molar-refractivity contribution in [2.75, 3.05) is 17.2 Å². The van der Waals surface area contributed by atoms with Crippen molar-refractivity contribution < 1.29 is 68.4 Å². The number of carbonyl (C=O) groups is 3. The molecular formula is C78H92F3N5O11. The first-order valence-corrected chi connectivity index (χ1v) is 31.6. The number of rotatable bonds is 15. The van der Waals surface area contributed by atoms with Gasteiger partial charge < -0.3 is 55.1 Å². The average molecular weight is 1340 g/mol. The highest BCUT2D eigenvalue weighted by atomic mass is 19.3. The van der Waals surface area contributed by atoms with Gasteiger partial charge in [0.2, 0.25) is 10.9 Å². The van der Waals surface area contributed by atoms with Crippen LogP contribution in [0.2, 0.25) is 0 Å². The molecule has 0 bridgehead atoms. The molecule has 4 heterocycles. The normalized spacial score (nSPS) is 16.0. The van der Waals surface area contributed by atoms with Gasteiger partial charge >= 0.3 is 6.29 Å². The van der Waals surface area contributed by atoms with Crippen LogP contribution < -0.4 is 31.0 Å². The van der Waals surface area contributed by atoms with Crippen LogP contribution >= 0.6 is 0 Å². The summed E-state index contributed by atoms with van der Waals surface area (Å²) in [7, 11) is 0. The molecule has 16 nitrogen and oxygen atoms in total. The van der Waals surface area contributed by atoms with E-state index in [1.807, 2.05) is 71.2 Å². The number of aliphatic hydroxyl groups excluding tert-OH is 2. The lowest BCUT2D eigenvalue weighted by molar-refractivity contribution is -0.286. The number of alkyl halides is 2. The highest BCUT2D eigenvalue weighted by Crippen LogP contribution is 2.53. The number of amides is 2. The van der Waals surface area contributed by atoms with Crippen LogP contribution in [0.4, 0.5) is 24.5 Å². The number of carbonyl (C=O) groups excluding carboxylic acids is 3. The van der Waals surface area contributed by atoms with Gasteiger partial charge in [-0.15, -0.1) is 8.78 Å². The number of aromatic nitrogens is 3. The Morgan fingerprint density at radius 3 is 1.64 bits per heavy atom. The van der Waals surface area contributed by atoms with Gasteiger partial charge in [-0.05, 0) is 147 Å². The van der Waals surface area contributed by atoms with E-state index in [9.17, 15) is 53.2 Å². The number of H-pyrrole nitrogens is 2. The number of fused-ring (bicyclic) bond motifs is 4. The molecule has 1 fully saturated rings. The number of para-hydroxylation sites is 2. The van der Waals surface area contributed by atoms with Crippen LogP contribution in [0.15, 0.2) is 131 Å². The number of pyridine rings is 2. The maximum Gasteiger partial charge on any atom is 0.586 e. The topological polar surface area (TPSA) is 245 Å². The number of hydrogen-bond acceptors (Lipinski definition) is 11. The zero-order valence-electron chi connectivity index (χ0n) is 64.1. The van der Waals surface area contributed by atoms with Gasteiger partial charge in [0.25, 0.3) is 11.8 Å². The molecule has 2 aliphatic rings. The van der Waals surface area contributed by atoms with Crippen molar-refractivity contribution >= 4 is 61.7 Å². The van der Waals surface area contributed by atoms with Crippen molar-refractivity contribution in [3.05, 3.63) is 198 Å². The Morgan fingerprint density at radius 2 is 1.16 bits per heavy atom. The fourth-order valence-electron chi connectivity index (χ4n) is 11.8. The van der Waals surface area contributed by atoms with Gasteiger partial charge in [0, 0.05) is 91.6 Å². The predicted octanol–water partition coefficient (Wildman–Crippen LogP) is 16.2. The monoisotopic (exact) mass is 1340 g/mol. The van der Waals surface area contributed by atoms with Crippen molar-refractivity contribution in [1.29, 1.82) is 0 Å². The van der Waals surface area contributed by atoms with Gasteiger partial charge in [-0.1, -0.05) is 141 Å². The van der Waals surface area contributed by atoms with Crippen LogP contribution in [0.5, 0.6) is 23.0 Å². The van der Waals surface area contributed by atoms with E-state index in [-0.39, 0.29) is 93.0 Å². The van der Waals surface area contributed by atoms with Gasteiger partial charge in [-0.25, -0.2) is 4.39 Å². The number of phenolic OH excluding ortho intramolecular Hbond substituents is 2. The first kappa shape index (κ1) is 62.6. The third-order valence-electron chi connectivity index (χ3n) is 17.9. The number of ketones is 1. The Kier molecular flexibility index (Phi) is 17.7. The van der Waals surface area contributed by atoms with Crippen molar-refractivity contribution in [2.24, 2.45) is 0 Å². The van der Waals surface area contributed by atoms with Crippen molar-refractivity contribution in [1.82, 2.24) is 14.5 Å². The van der Waals surface area contributed by atoms with E-state index in [4.69, 9.17) is 11.0 Å². The first-order valence-electron chi connectivity index (χ1n) is 35.6. The van der Waals surface area contributed by atoms with Crippen molar-refractivity contribution in [3.8, 4) is 23.0 Å². The van der Waals surface area contributed by atoms with E-state index in [0.717, 1.165) is 47.7 Å². The standard InChI is InChI=1S/C28H30F3NO5.C25H30N2O3.C24H28N2O3.CH4/c1-4-26(2,3)24-10-17-9-16(20(29)13-21(17)32(24)14-19(34)15-33)11-25(35)27(7-8-27)18-5-6-22-23(12-18)37-28(30,31)36-22;1-7-25(5,6)18-12-17(24(2,3)4)20(13-21(18)28)27-23(30)16-14-26-19-11-9-8-10-15(19)22(16)29;1-23(2,3)16-11-17(24(4,5)6)20(27)12-19(16)26-22(29)15-13-25-18-10-8-7-9-14(18)21(15)28;/h5-6,9-10,12-13,19,33-34H,4,7-8,11,14-15H2,1-3H3;8-14,28H,7H2,1-6H3,(H,26,29)(H,27,30);7-13,27H,1-6H3,(H,25,28)(H,26,29);1H4/t19-;;;/m1.../s1/i;5D3,6D3,7D2;;. The molecule has 0 unspecified atom stereocenters. The minimum Gasteiger partial charge on any atom is -0.508 e. The molecular weight excluding hydrogens is 1240 g/mol. The SMILES string of the molecule is C.CC(C)(C)c1cc(C(C)(C)C)c(NC(=O)c2c[nH]c3ccccc3c2=O)cc1O.CCC(C)(C)c1cc2cc(CC(=O)C3(c4ccc5c(c4)OC(F)(F)O5)CC3)c(F)cc2n1C[C@@H](O)CO.[2H]C([2H])([2H])C(c1cc(C(C)(C)C)c(NC(=O)c2c[nH]c3ccccc3c2=O)cc1O)(C([2H])([2H])[2H])C([2H])([2H])C. The van der Waals surface area contributed by atoms with E-state index in [0.29, 0.717) is 51.4 Å². The highest BCUT2D eigenvalue weighted by Gasteiger charge is 2.52. The fraction of sp³-hybridized carbons (Fsp3) is 0.397. The third kappa shape index (κ3) is 15.5. The van der Waals surface area contributed by atoms with Crippen molar-refractivity contribution in [3.63, 3.8) is 0 Å². The summed E-state index contributed by atoms with van der Waals surface area (Å²) in [5.41, 5.74) is -1.33. The van der Waals surface area contributed by atoms with Gasteiger partial charge in [0.15, 0.2) is 11.5 Å². The van der Waals surface area contributed by atoms with Crippen LogP contribution in [0, 0.1) is 5.82 Å². The number of anilines is 2. The number of phenols is 2. The molecule has 0 spiro atoms. The Labute approximate surface area is 575 Å². The second-order valence-corrected chi connectivity index (χ2v) is 28.4. The van der Waals surface area contributed by atoms with Crippen LogP contribution in [0.1, 0.15) is 208 Å². The van der Waals surface area contributed by atoms with Crippen LogP contribution in [-0.2, 0) is 50.3 Å². The highest BCUT2D eigenvalue weighted by molar-refractivity contribution is 6.07. The van der Waals surface area contributed by atoms with E-state index in [1.165, 1.54) is 30.6 Å². The number of aliphatic hydroxyl groups is 2. The Bertz CT molecular complexity index is 4920. The van der Waals surface area contributed by atoms with E-state index >= 15 is 4.39 Å². The molecule has 19 heteroatoms. The Balaban J connectivity index is 0.000000200.